The molecule has 2 aromatic carbocycles. The predicted molar refractivity (Wildman–Crippen MR) is 395 cm³/mol. The summed E-state index contributed by atoms with van der Waals surface area (Å²) in [7, 11) is 1.28. The number of hydrogen-bond acceptors (Lipinski definition) is 17. The average Bonchev–Trinajstić information content (AvgIpc) is 1.65. The lowest BCUT2D eigenvalue weighted by atomic mass is 9.99. The molecular formula is C72H112N18O16. The van der Waals surface area contributed by atoms with Crippen LogP contribution in [0.25, 0.3) is 10.9 Å². The highest BCUT2D eigenvalue weighted by Crippen LogP contribution is 2.21. The maximum Gasteiger partial charge on any atom is 0.306 e. The maximum absolute atomic E-state index is 14.8. The Morgan fingerprint density at radius 3 is 1.65 bits per heavy atom. The number of nitrogens with zero attached hydrogens (tertiary/aromatic N) is 3. The standard InChI is InChI=1S/C72H112N18O16/c1-40(2)19-15-22-46-36-56(92)88-60(42(5)6)69(104)84-50(26-17-32-79-72(75)76)65(100)87-54(39-91)63(98)81-38-57(93)90(9)55(34-44-20-11-10-12-21-44)68(103)85-52(33-41(3)4)67(102)82-49(25-16-31-78-71(73)74)64(99)83-51(28-29-58(94)95)66(101)89-61(43(7)8)70(105)86-53(62(97)77-30-18-27-59(96)106-46)35-45-37-80-48-24-14-13-23-47(45)48/h10-14,20-21,23-24,37,40-43,46,49-55,60-61,80,91H,15-19,22,25-36,38-39H2,1-9H3,(H,77,97)(H,81,98)(H,82,102)(H,83,99)(H,84,104)(H,85,103)(H,86,105)(H,87,100)(H,88,92)(H,89,101)(H,94,95)(H4,73,74,78)(H4,75,76,79)/t46-,49-,50-,51+,52+,53-,54+,55-,60+,61-/m1/s1. The van der Waals surface area contributed by atoms with Crippen molar-refractivity contribution in [1.29, 1.82) is 0 Å². The number of likely N-dealkylation sites (N-methyl/N-ethyl adjacent to an activating group) is 1. The summed E-state index contributed by atoms with van der Waals surface area (Å²) in [4.78, 5) is 196. The number of H-pyrrole nitrogens is 1. The first-order chi connectivity index (χ1) is 50.2. The number of aliphatic hydroxyl groups excluding tert-OH is 1. The molecule has 4 rings (SSSR count). The third-order valence-electron chi connectivity index (χ3n) is 17.6. The van der Waals surface area contributed by atoms with Gasteiger partial charge in [-0.3, -0.25) is 72.3 Å². The molecule has 2 heterocycles. The molecule has 0 radical (unpaired) electrons. The van der Waals surface area contributed by atoms with E-state index in [-0.39, 0.29) is 114 Å². The Labute approximate surface area is 618 Å². The number of carboxylic acid groups (broad SMARTS) is 1. The number of guanidine groups is 2. The molecule has 34 heteroatoms. The number of aromatic amines is 1. The van der Waals surface area contributed by atoms with Gasteiger partial charge >= 0.3 is 11.9 Å². The lowest BCUT2D eigenvalue weighted by Crippen LogP contribution is -2.61. The number of aromatic nitrogens is 1. The minimum absolute atomic E-state index is 0.00110. The molecule has 0 saturated carbocycles. The van der Waals surface area contributed by atoms with Gasteiger partial charge in [0.15, 0.2) is 11.9 Å². The second kappa shape index (κ2) is 45.1. The van der Waals surface area contributed by atoms with Crippen LogP contribution in [0.3, 0.4) is 0 Å². The summed E-state index contributed by atoms with van der Waals surface area (Å²) in [5.74, 6) is -13.6. The van der Waals surface area contributed by atoms with Crippen LogP contribution in [0.2, 0.25) is 0 Å². The number of cyclic esters (lactones) is 1. The zero-order valence-corrected chi connectivity index (χ0v) is 62.3. The molecule has 1 aliphatic heterocycles. The highest BCUT2D eigenvalue weighted by Gasteiger charge is 2.38. The zero-order valence-electron chi connectivity index (χ0n) is 62.3. The highest BCUT2D eigenvalue weighted by atomic mass is 16.5. The number of aliphatic hydroxyl groups is 1. The van der Waals surface area contributed by atoms with E-state index < -0.39 is 175 Å². The minimum atomic E-state index is -1.73. The number of carbonyl (C=O) groups excluding carboxylic acids is 12. The lowest BCUT2D eigenvalue weighted by Gasteiger charge is -2.31. The summed E-state index contributed by atoms with van der Waals surface area (Å²) in [6, 6.07) is 2.52. The van der Waals surface area contributed by atoms with E-state index in [9.17, 15) is 72.5 Å². The number of carbonyl (C=O) groups is 13. The van der Waals surface area contributed by atoms with Crippen molar-refractivity contribution in [1.82, 2.24) is 63.1 Å². The normalized spacial score (nSPS) is 22.9. The van der Waals surface area contributed by atoms with Crippen molar-refractivity contribution in [2.75, 3.05) is 39.8 Å². The number of nitrogens with two attached hydrogens (primary N) is 4. The third-order valence-corrected chi connectivity index (χ3v) is 17.6. The molecule has 0 unspecified atom stereocenters. The van der Waals surface area contributed by atoms with Crippen LogP contribution in [0.1, 0.15) is 150 Å². The fraction of sp³-hybridized carbons (Fsp3) is 0.597. The molecule has 1 fully saturated rings. The van der Waals surface area contributed by atoms with Crippen LogP contribution >= 0.6 is 0 Å². The van der Waals surface area contributed by atoms with Crippen molar-refractivity contribution in [3.63, 3.8) is 0 Å². The van der Waals surface area contributed by atoms with Crippen LogP contribution < -0.4 is 76.1 Å². The first-order valence-electron chi connectivity index (χ1n) is 36.1. The molecule has 586 valence electrons. The number of fused-ring (bicyclic) bond motifs is 1. The van der Waals surface area contributed by atoms with Gasteiger partial charge in [0.1, 0.15) is 60.5 Å². The van der Waals surface area contributed by atoms with E-state index in [1.807, 2.05) is 32.0 Å². The van der Waals surface area contributed by atoms with E-state index in [1.165, 1.54) is 7.05 Å². The monoisotopic (exact) mass is 1480 g/mol. The van der Waals surface area contributed by atoms with Crippen molar-refractivity contribution in [2.45, 2.75) is 212 Å². The molecule has 34 nitrogen and oxygen atoms in total. The lowest BCUT2D eigenvalue weighted by molar-refractivity contribution is -0.151. The molecule has 106 heavy (non-hydrogen) atoms. The predicted octanol–water partition coefficient (Wildman–Crippen LogP) is -0.865. The molecule has 1 aromatic heterocycles. The molecule has 10 atom stereocenters. The van der Waals surface area contributed by atoms with E-state index in [1.54, 1.807) is 84.1 Å². The first kappa shape index (κ1) is 88.0. The van der Waals surface area contributed by atoms with Crippen molar-refractivity contribution in [3.8, 4) is 0 Å². The van der Waals surface area contributed by atoms with Crippen LogP contribution in [0.5, 0.6) is 0 Å². The molecule has 3 aromatic rings. The van der Waals surface area contributed by atoms with Gasteiger partial charge in [-0.1, -0.05) is 110 Å². The fourth-order valence-corrected chi connectivity index (χ4v) is 11.7. The van der Waals surface area contributed by atoms with Gasteiger partial charge in [0, 0.05) is 69.5 Å². The number of carboxylic acids is 1. The Morgan fingerprint density at radius 2 is 1.08 bits per heavy atom. The van der Waals surface area contributed by atoms with Crippen molar-refractivity contribution in [3.05, 3.63) is 71.9 Å². The van der Waals surface area contributed by atoms with Crippen molar-refractivity contribution >= 4 is 99.7 Å². The van der Waals surface area contributed by atoms with Crippen molar-refractivity contribution < 1.29 is 77.3 Å². The third kappa shape index (κ3) is 31.1. The molecule has 21 N–H and O–H groups in total. The number of aliphatic imine (C=N–C) groups is 2. The number of nitrogens with one attached hydrogen (secondary N) is 11. The summed E-state index contributed by atoms with van der Waals surface area (Å²) in [6.07, 6.45) is 0.0124. The molecule has 1 aliphatic rings. The summed E-state index contributed by atoms with van der Waals surface area (Å²) >= 11 is 0. The van der Waals surface area contributed by atoms with Crippen molar-refractivity contribution in [2.24, 2.45) is 56.6 Å². The van der Waals surface area contributed by atoms with Gasteiger partial charge in [0.25, 0.3) is 0 Å². The molecule has 1 saturated heterocycles. The summed E-state index contributed by atoms with van der Waals surface area (Å²) in [5, 5.41) is 47.5. The Morgan fingerprint density at radius 1 is 0.566 bits per heavy atom. The maximum atomic E-state index is 14.8. The van der Waals surface area contributed by atoms with Gasteiger partial charge in [-0.2, -0.15) is 0 Å². The van der Waals surface area contributed by atoms with Crippen LogP contribution in [0.4, 0.5) is 0 Å². The highest BCUT2D eigenvalue weighted by molar-refractivity contribution is 5.99. The number of para-hydroxylation sites is 1. The Balaban J connectivity index is 1.83. The van der Waals surface area contributed by atoms with Crippen LogP contribution in [0.15, 0.2) is 70.8 Å². The van der Waals surface area contributed by atoms with E-state index in [4.69, 9.17) is 27.7 Å². The minimum Gasteiger partial charge on any atom is -0.481 e. The van der Waals surface area contributed by atoms with Gasteiger partial charge in [-0.05, 0) is 98.7 Å². The summed E-state index contributed by atoms with van der Waals surface area (Å²) in [5.41, 5.74) is 24.2. The summed E-state index contributed by atoms with van der Waals surface area (Å²) < 4.78 is 5.90. The molecule has 0 aliphatic carbocycles. The Hall–Kier alpha value is -10.4. The Bertz CT molecular complexity index is 3500. The topological polar surface area (TPSA) is 540 Å². The number of amides is 11. The first-order valence-corrected chi connectivity index (χ1v) is 36.1. The number of esters is 1. The van der Waals surface area contributed by atoms with Crippen LogP contribution in [-0.4, -0.2) is 209 Å². The summed E-state index contributed by atoms with van der Waals surface area (Å²) in [6.45, 7) is 12.1. The number of ether oxygens (including phenoxy) is 1. The zero-order chi connectivity index (χ0) is 78.7. The number of aliphatic carboxylic acids is 1. The fourth-order valence-electron chi connectivity index (χ4n) is 11.7. The van der Waals surface area contributed by atoms with E-state index in [0.29, 0.717) is 24.0 Å². The van der Waals surface area contributed by atoms with Gasteiger partial charge < -0.3 is 101 Å². The largest absolute Gasteiger partial charge is 0.481 e. The second-order valence-corrected chi connectivity index (χ2v) is 28.1. The van der Waals surface area contributed by atoms with Crippen LogP contribution in [0, 0.1) is 23.7 Å². The average molecular weight is 1490 g/mol. The SMILES string of the molecule is CC(C)CCC[C@@H]1CC(=O)N[C@@H](C(C)C)C(=O)N[C@H](CCCN=C(N)N)C(=O)N[C@@H](CO)C(=O)NCC(=O)N(C)[C@H](Cc2ccccc2)C(=O)N[C@@H](CC(C)C)C(=O)N[C@H](CCCN=C(N)N)C(=O)N[C@@H](CCC(=O)O)C(=O)N[C@H](C(C)C)C(=O)N[C@H](Cc2c[nH]c3ccccc23)C(=O)NCCCC(=O)O1. The van der Waals surface area contributed by atoms with Gasteiger partial charge in [0.05, 0.1) is 19.6 Å². The van der Waals surface area contributed by atoms with E-state index >= 15 is 0 Å². The quantitative estimate of drug-likeness (QED) is 0.0224. The van der Waals surface area contributed by atoms with Gasteiger partial charge in [-0.25, -0.2) is 0 Å². The second-order valence-electron chi connectivity index (χ2n) is 28.1. The van der Waals surface area contributed by atoms with E-state index in [0.717, 1.165) is 15.8 Å². The molecular weight excluding hydrogens is 1370 g/mol. The van der Waals surface area contributed by atoms with Gasteiger partial charge in [0.2, 0.25) is 65.0 Å². The van der Waals surface area contributed by atoms with Gasteiger partial charge in [-0.15, -0.1) is 0 Å². The van der Waals surface area contributed by atoms with Crippen LogP contribution in [-0.2, 0) is 79.9 Å². The molecule has 11 amide bonds. The molecule has 0 bridgehead atoms. The number of rotatable bonds is 24. The molecule has 0 spiro atoms. The Kier molecular flexibility index (Phi) is 37.4. The number of benzene rings is 2. The number of hydrogen-bond donors (Lipinski definition) is 17. The smallest absolute Gasteiger partial charge is 0.306 e. The van der Waals surface area contributed by atoms with E-state index in [2.05, 4.69) is 68.1 Å².